The van der Waals surface area contributed by atoms with Crippen molar-refractivity contribution in [3.05, 3.63) is 83.9 Å². The summed E-state index contributed by atoms with van der Waals surface area (Å²) < 4.78 is 0. The lowest BCUT2D eigenvalue weighted by molar-refractivity contribution is 0.249. The number of nitrogens with zero attached hydrogens (tertiary/aromatic N) is 2. The first-order valence-corrected chi connectivity index (χ1v) is 10.5. The normalized spacial score (nSPS) is 12.5. The average Bonchev–Trinajstić information content (AvgIpc) is 2.75. The van der Waals surface area contributed by atoms with Crippen LogP contribution >= 0.6 is 11.8 Å². The van der Waals surface area contributed by atoms with Gasteiger partial charge in [0, 0.05) is 29.1 Å². The molecule has 146 valence electrons. The summed E-state index contributed by atoms with van der Waals surface area (Å²) in [4.78, 5) is 20.9. The summed E-state index contributed by atoms with van der Waals surface area (Å²) in [6.07, 6.45) is 2.43. The summed E-state index contributed by atoms with van der Waals surface area (Å²) in [7, 11) is 0. The first-order valence-electron chi connectivity index (χ1n) is 9.73. The number of nitrogens with one attached hydrogen (secondary N) is 1. The Morgan fingerprint density at radius 1 is 0.966 bits per heavy atom. The average molecular weight is 402 g/mol. The minimum atomic E-state index is -0.305. The maximum Gasteiger partial charge on any atom is 0.340 e. The third-order valence-corrected chi connectivity index (χ3v) is 5.91. The summed E-state index contributed by atoms with van der Waals surface area (Å²) in [5.41, 5.74) is 4.55. The van der Waals surface area contributed by atoms with E-state index in [1.807, 2.05) is 31.2 Å². The van der Waals surface area contributed by atoms with E-state index in [1.54, 1.807) is 18.0 Å². The molecule has 0 atom stereocenters. The van der Waals surface area contributed by atoms with E-state index in [-0.39, 0.29) is 6.03 Å². The van der Waals surface area contributed by atoms with Gasteiger partial charge in [0.1, 0.15) is 0 Å². The van der Waals surface area contributed by atoms with Crippen LogP contribution in [0.25, 0.3) is 0 Å². The van der Waals surface area contributed by atoms with Gasteiger partial charge in [-0.25, -0.2) is 9.79 Å². The number of rotatable bonds is 5. The molecule has 0 spiro atoms. The zero-order chi connectivity index (χ0) is 20.1. The number of carbonyl (C=O) groups is 1. The quantitative estimate of drug-likeness (QED) is 0.433. The minimum absolute atomic E-state index is 0.305. The van der Waals surface area contributed by atoms with Crippen molar-refractivity contribution < 1.29 is 4.79 Å². The highest BCUT2D eigenvalue weighted by Gasteiger charge is 2.22. The molecular weight excluding hydrogens is 378 g/mol. The predicted molar refractivity (Wildman–Crippen MR) is 121 cm³/mol. The van der Waals surface area contributed by atoms with E-state index < -0.39 is 0 Å². The molecule has 1 aliphatic heterocycles. The Labute approximate surface area is 175 Å². The molecule has 0 radical (unpaired) electrons. The topological polar surface area (TPSA) is 44.7 Å². The highest BCUT2D eigenvalue weighted by Crippen LogP contribution is 2.47. The number of amides is 2. The standard InChI is InChI=1S/C24H23N3OS/c1-18-11-13-19(14-12-18)17-26-24(28)25-15-6-16-27-20-7-2-4-9-22(20)29-23-10-5-3-8-21(23)27/h2-5,7-14,17H,6,15-16H2,1H3,(H,25,28)/b26-17+. The van der Waals surface area contributed by atoms with Gasteiger partial charge in [0.25, 0.3) is 0 Å². The number of para-hydroxylation sites is 2. The van der Waals surface area contributed by atoms with Crippen molar-refractivity contribution in [3.63, 3.8) is 0 Å². The van der Waals surface area contributed by atoms with Crippen LogP contribution in [0.1, 0.15) is 17.5 Å². The van der Waals surface area contributed by atoms with Gasteiger partial charge < -0.3 is 10.2 Å². The molecule has 29 heavy (non-hydrogen) atoms. The Morgan fingerprint density at radius 2 is 1.59 bits per heavy atom. The van der Waals surface area contributed by atoms with Gasteiger partial charge in [-0.1, -0.05) is 65.9 Å². The smallest absolute Gasteiger partial charge is 0.340 e. The molecule has 4 rings (SSSR count). The van der Waals surface area contributed by atoms with Crippen LogP contribution in [-0.2, 0) is 0 Å². The van der Waals surface area contributed by atoms with Crippen LogP contribution in [0.4, 0.5) is 16.2 Å². The Bertz CT molecular complexity index is 985. The number of hydrogen-bond acceptors (Lipinski definition) is 3. The fourth-order valence-corrected chi connectivity index (χ4v) is 4.38. The van der Waals surface area contributed by atoms with Crippen molar-refractivity contribution in [2.45, 2.75) is 23.1 Å². The van der Waals surface area contributed by atoms with Crippen LogP contribution in [0.2, 0.25) is 0 Å². The molecule has 3 aromatic carbocycles. The van der Waals surface area contributed by atoms with E-state index in [0.29, 0.717) is 6.54 Å². The lowest BCUT2D eigenvalue weighted by Gasteiger charge is -2.32. The van der Waals surface area contributed by atoms with Gasteiger partial charge >= 0.3 is 6.03 Å². The zero-order valence-electron chi connectivity index (χ0n) is 16.3. The van der Waals surface area contributed by atoms with Crippen LogP contribution in [0, 0.1) is 6.92 Å². The number of urea groups is 1. The zero-order valence-corrected chi connectivity index (χ0v) is 17.2. The summed E-state index contributed by atoms with van der Waals surface area (Å²) in [6.45, 7) is 3.44. The predicted octanol–water partition coefficient (Wildman–Crippen LogP) is 5.82. The van der Waals surface area contributed by atoms with Gasteiger partial charge in [0.05, 0.1) is 11.4 Å². The van der Waals surface area contributed by atoms with Crippen molar-refractivity contribution in [2.24, 2.45) is 4.99 Å². The van der Waals surface area contributed by atoms with E-state index in [1.165, 1.54) is 26.7 Å². The number of carbonyl (C=O) groups excluding carboxylic acids is 1. The number of anilines is 2. The van der Waals surface area contributed by atoms with Crippen LogP contribution in [0.15, 0.2) is 87.6 Å². The minimum Gasteiger partial charge on any atom is -0.340 e. The second-order valence-electron chi connectivity index (χ2n) is 6.94. The van der Waals surface area contributed by atoms with E-state index >= 15 is 0 Å². The first kappa shape index (κ1) is 19.3. The monoisotopic (exact) mass is 401 g/mol. The lowest BCUT2D eigenvalue weighted by Crippen LogP contribution is -2.27. The van der Waals surface area contributed by atoms with E-state index in [2.05, 4.69) is 63.7 Å². The van der Waals surface area contributed by atoms with Crippen LogP contribution in [0.5, 0.6) is 0 Å². The van der Waals surface area contributed by atoms with Gasteiger partial charge in [-0.2, -0.15) is 0 Å². The molecule has 0 saturated heterocycles. The Kier molecular flexibility index (Phi) is 5.96. The molecule has 0 unspecified atom stereocenters. The Hall–Kier alpha value is -3.05. The maximum atomic E-state index is 12.0. The van der Waals surface area contributed by atoms with Crippen LogP contribution < -0.4 is 10.2 Å². The highest BCUT2D eigenvalue weighted by molar-refractivity contribution is 7.99. The van der Waals surface area contributed by atoms with Crippen molar-refractivity contribution in [3.8, 4) is 0 Å². The van der Waals surface area contributed by atoms with Crippen molar-refractivity contribution in [2.75, 3.05) is 18.0 Å². The summed E-state index contributed by atoms with van der Waals surface area (Å²) in [5, 5.41) is 2.88. The molecule has 0 saturated carbocycles. The van der Waals surface area contributed by atoms with E-state index in [0.717, 1.165) is 18.5 Å². The van der Waals surface area contributed by atoms with Crippen molar-refractivity contribution in [1.29, 1.82) is 0 Å². The fourth-order valence-electron chi connectivity index (χ4n) is 3.29. The molecule has 0 aliphatic carbocycles. The van der Waals surface area contributed by atoms with Gasteiger partial charge in [-0.15, -0.1) is 0 Å². The molecule has 1 N–H and O–H groups in total. The number of hydrogen-bond donors (Lipinski definition) is 1. The van der Waals surface area contributed by atoms with Crippen molar-refractivity contribution in [1.82, 2.24) is 5.32 Å². The van der Waals surface area contributed by atoms with Crippen LogP contribution in [-0.4, -0.2) is 25.3 Å². The second kappa shape index (κ2) is 8.97. The molecule has 5 heteroatoms. The molecule has 2 amide bonds. The molecular formula is C24H23N3OS. The second-order valence-corrected chi connectivity index (χ2v) is 8.03. The van der Waals surface area contributed by atoms with Gasteiger partial charge in [-0.3, -0.25) is 0 Å². The number of aliphatic imine (C=N–C) groups is 1. The van der Waals surface area contributed by atoms with Crippen LogP contribution in [0.3, 0.4) is 0 Å². The summed E-state index contributed by atoms with van der Waals surface area (Å²) in [6, 6.07) is 24.5. The lowest BCUT2D eigenvalue weighted by atomic mass is 10.2. The molecule has 0 bridgehead atoms. The molecule has 0 fully saturated rings. The Morgan fingerprint density at radius 3 is 2.24 bits per heavy atom. The number of aryl methyl sites for hydroxylation is 1. The summed E-state index contributed by atoms with van der Waals surface area (Å²) >= 11 is 1.81. The maximum absolute atomic E-state index is 12.0. The van der Waals surface area contributed by atoms with Crippen molar-refractivity contribution >= 4 is 35.4 Å². The van der Waals surface area contributed by atoms with E-state index in [4.69, 9.17) is 0 Å². The fraction of sp³-hybridized carbons (Fsp3) is 0.167. The van der Waals surface area contributed by atoms with Gasteiger partial charge in [0.15, 0.2) is 0 Å². The molecule has 1 heterocycles. The molecule has 3 aromatic rings. The molecule has 4 nitrogen and oxygen atoms in total. The number of fused-ring (bicyclic) bond motifs is 2. The molecule has 1 aliphatic rings. The third-order valence-electron chi connectivity index (χ3n) is 4.77. The largest absolute Gasteiger partial charge is 0.340 e. The number of benzene rings is 3. The first-order chi connectivity index (χ1) is 14.2. The van der Waals surface area contributed by atoms with E-state index in [9.17, 15) is 4.79 Å². The third kappa shape index (κ3) is 4.69. The Balaban J connectivity index is 1.34. The highest BCUT2D eigenvalue weighted by atomic mass is 32.2. The SMILES string of the molecule is Cc1ccc(/C=N/C(=O)NCCCN2c3ccccc3Sc3ccccc32)cc1. The van der Waals surface area contributed by atoms with Gasteiger partial charge in [-0.05, 0) is 43.2 Å². The van der Waals surface area contributed by atoms with Gasteiger partial charge in [0.2, 0.25) is 0 Å². The molecule has 0 aromatic heterocycles. The summed E-state index contributed by atoms with van der Waals surface area (Å²) in [5.74, 6) is 0.